The molecular formula is C15H25NaO. The summed E-state index contributed by atoms with van der Waals surface area (Å²) in [5.41, 5.74) is 1.43. The molecule has 0 N–H and O–H groups in total. The fourth-order valence-electron chi connectivity index (χ4n) is 1.87. The van der Waals surface area contributed by atoms with Crippen LogP contribution in [-0.4, -0.2) is 13.2 Å². The zero-order valence-electron chi connectivity index (χ0n) is 11.6. The molecule has 0 atom stereocenters. The maximum Gasteiger partial charge on any atom is 1.00 e. The van der Waals surface area contributed by atoms with Gasteiger partial charge in [0.1, 0.15) is 0 Å². The van der Waals surface area contributed by atoms with Crippen molar-refractivity contribution in [1.29, 1.82) is 0 Å². The van der Waals surface area contributed by atoms with Crippen LogP contribution >= 0.6 is 0 Å². The Hall–Kier alpha value is 0.440. The Morgan fingerprint density at radius 2 is 1.94 bits per heavy atom. The molecule has 0 aromatic carbocycles. The molecule has 1 fully saturated rings. The van der Waals surface area contributed by atoms with Gasteiger partial charge in [-0.1, -0.05) is 39.0 Å². The van der Waals surface area contributed by atoms with Crippen molar-refractivity contribution >= 4 is 0 Å². The predicted molar refractivity (Wildman–Crippen MR) is 69.3 cm³/mol. The third kappa shape index (κ3) is 10.1. The van der Waals surface area contributed by atoms with Crippen molar-refractivity contribution in [1.82, 2.24) is 0 Å². The zero-order chi connectivity index (χ0) is 11.5. The summed E-state index contributed by atoms with van der Waals surface area (Å²) < 4.78 is 4.94. The van der Waals surface area contributed by atoms with E-state index in [1.807, 2.05) is 0 Å². The minimum absolute atomic E-state index is 0. The molecule has 0 saturated carbocycles. The van der Waals surface area contributed by atoms with Gasteiger partial charge in [0, 0.05) is 13.2 Å². The van der Waals surface area contributed by atoms with Gasteiger partial charge in [-0.15, -0.1) is 6.42 Å². The van der Waals surface area contributed by atoms with E-state index >= 15 is 0 Å². The van der Waals surface area contributed by atoms with E-state index in [2.05, 4.69) is 25.2 Å². The van der Waals surface area contributed by atoms with Crippen LogP contribution in [0.3, 0.4) is 0 Å². The van der Waals surface area contributed by atoms with Gasteiger partial charge >= 0.3 is 29.6 Å². The Labute approximate surface area is 129 Å². The van der Waals surface area contributed by atoms with Gasteiger partial charge in [0.2, 0.25) is 0 Å². The van der Waals surface area contributed by atoms with Crippen molar-refractivity contribution < 1.29 is 34.3 Å². The summed E-state index contributed by atoms with van der Waals surface area (Å²) in [6.45, 7) is 4.25. The fourth-order valence-corrected chi connectivity index (χ4v) is 1.87. The quantitative estimate of drug-likeness (QED) is 0.404. The largest absolute Gasteiger partial charge is 1.00 e. The first kappa shape index (κ1) is 17.4. The summed E-state index contributed by atoms with van der Waals surface area (Å²) in [6, 6.07) is 0. The second-order valence-electron chi connectivity index (χ2n) is 4.44. The third-order valence-corrected chi connectivity index (χ3v) is 2.89. The molecule has 2 aliphatic rings. The normalized spacial score (nSPS) is 17.1. The summed E-state index contributed by atoms with van der Waals surface area (Å²) in [4.78, 5) is 0. The minimum Gasteiger partial charge on any atom is -0.381 e. The van der Waals surface area contributed by atoms with Gasteiger partial charge in [-0.3, -0.25) is 6.08 Å². The second-order valence-corrected chi connectivity index (χ2v) is 4.44. The summed E-state index contributed by atoms with van der Waals surface area (Å²) in [7, 11) is 0. The molecule has 0 radical (unpaired) electrons. The first-order valence-electron chi connectivity index (χ1n) is 6.77. The number of allylic oxidation sites excluding steroid dienone is 4. The van der Waals surface area contributed by atoms with E-state index in [4.69, 9.17) is 4.74 Å². The van der Waals surface area contributed by atoms with Crippen molar-refractivity contribution in [2.45, 2.75) is 58.3 Å². The molecular weight excluding hydrogens is 219 g/mol. The number of hydrogen-bond acceptors (Lipinski definition) is 1. The van der Waals surface area contributed by atoms with Crippen LogP contribution in [0.4, 0.5) is 0 Å². The summed E-state index contributed by atoms with van der Waals surface area (Å²) in [5, 5.41) is 0. The fraction of sp³-hybridized carbons (Fsp3) is 0.733. The molecule has 0 amide bonds. The van der Waals surface area contributed by atoms with E-state index < -0.39 is 0 Å². The Kier molecular flexibility index (Phi) is 13.2. The van der Waals surface area contributed by atoms with Crippen LogP contribution in [0.5, 0.6) is 0 Å². The van der Waals surface area contributed by atoms with E-state index in [0.717, 1.165) is 19.6 Å². The maximum atomic E-state index is 4.94. The van der Waals surface area contributed by atoms with Gasteiger partial charge in [-0.25, -0.2) is 11.6 Å². The van der Waals surface area contributed by atoms with E-state index in [0.29, 0.717) is 0 Å². The number of rotatable bonds is 5. The van der Waals surface area contributed by atoms with Gasteiger partial charge in [-0.2, -0.15) is 6.08 Å². The SMILES string of the molecule is C1CCOC1.CCCCCCC1=[C-]CC=C1.[Na+]. The van der Waals surface area contributed by atoms with Crippen molar-refractivity contribution in [2.75, 3.05) is 13.2 Å². The van der Waals surface area contributed by atoms with E-state index in [1.165, 1.54) is 50.5 Å². The predicted octanol–water partition coefficient (Wildman–Crippen LogP) is 1.45. The Morgan fingerprint density at radius 3 is 2.41 bits per heavy atom. The average molecular weight is 244 g/mol. The molecule has 1 saturated heterocycles. The first-order chi connectivity index (χ1) is 7.93. The van der Waals surface area contributed by atoms with Crippen LogP contribution in [0.15, 0.2) is 17.7 Å². The molecule has 17 heavy (non-hydrogen) atoms. The maximum absolute atomic E-state index is 4.94. The smallest absolute Gasteiger partial charge is 0.381 e. The zero-order valence-corrected chi connectivity index (χ0v) is 13.6. The topological polar surface area (TPSA) is 9.23 Å². The van der Waals surface area contributed by atoms with Crippen molar-refractivity contribution in [3.05, 3.63) is 23.8 Å². The Morgan fingerprint density at radius 1 is 1.18 bits per heavy atom. The van der Waals surface area contributed by atoms with Crippen LogP contribution < -0.4 is 29.6 Å². The van der Waals surface area contributed by atoms with Crippen LogP contribution in [0, 0.1) is 6.08 Å². The molecule has 0 unspecified atom stereocenters. The molecule has 1 heterocycles. The van der Waals surface area contributed by atoms with Gasteiger partial charge in [0.05, 0.1) is 0 Å². The molecule has 1 nitrogen and oxygen atoms in total. The number of unbranched alkanes of at least 4 members (excludes halogenated alkanes) is 3. The summed E-state index contributed by atoms with van der Waals surface area (Å²) in [5.74, 6) is 0. The standard InChI is InChI=1S/C11H17.C4H8O.Na/c1-2-3-4-5-8-11-9-6-7-10-11;1-2-4-5-3-1;/h6,9H,2-5,7-8H2,1H3;1-4H2;/q-1;;+1. The number of ether oxygens (including phenoxy) is 1. The Bertz CT molecular complexity index is 209. The molecule has 2 rings (SSSR count). The molecule has 0 bridgehead atoms. The molecule has 0 spiro atoms. The third-order valence-electron chi connectivity index (χ3n) is 2.89. The van der Waals surface area contributed by atoms with E-state index in [9.17, 15) is 0 Å². The van der Waals surface area contributed by atoms with Crippen LogP contribution in [0.2, 0.25) is 0 Å². The molecule has 2 heteroatoms. The van der Waals surface area contributed by atoms with Crippen molar-refractivity contribution in [3.8, 4) is 0 Å². The van der Waals surface area contributed by atoms with Crippen molar-refractivity contribution in [2.24, 2.45) is 0 Å². The molecule has 92 valence electrons. The monoisotopic (exact) mass is 244 g/mol. The average Bonchev–Trinajstić information content (AvgIpc) is 2.99. The van der Waals surface area contributed by atoms with E-state index in [-0.39, 0.29) is 29.6 Å². The molecule has 0 aromatic rings. The number of hydrogen-bond donors (Lipinski definition) is 0. The Balaban J connectivity index is 0.000000360. The summed E-state index contributed by atoms with van der Waals surface area (Å²) in [6.07, 6.45) is 18.0. The van der Waals surface area contributed by atoms with Crippen LogP contribution in [0.25, 0.3) is 0 Å². The molecule has 0 aromatic heterocycles. The van der Waals surface area contributed by atoms with Gasteiger partial charge in [0.25, 0.3) is 0 Å². The molecule has 1 aliphatic heterocycles. The van der Waals surface area contributed by atoms with Crippen LogP contribution in [-0.2, 0) is 4.74 Å². The van der Waals surface area contributed by atoms with Gasteiger partial charge in [0.15, 0.2) is 0 Å². The van der Waals surface area contributed by atoms with Crippen LogP contribution in [0.1, 0.15) is 58.3 Å². The summed E-state index contributed by atoms with van der Waals surface area (Å²) >= 11 is 0. The van der Waals surface area contributed by atoms with Crippen molar-refractivity contribution in [3.63, 3.8) is 0 Å². The molecule has 1 aliphatic carbocycles. The minimum atomic E-state index is 0. The second kappa shape index (κ2) is 12.9. The first-order valence-corrected chi connectivity index (χ1v) is 6.77. The van der Waals surface area contributed by atoms with E-state index in [1.54, 1.807) is 0 Å². The van der Waals surface area contributed by atoms with Gasteiger partial charge in [-0.05, 0) is 12.8 Å². The van der Waals surface area contributed by atoms with Gasteiger partial charge < -0.3 is 4.74 Å².